The van der Waals surface area contributed by atoms with Crippen molar-refractivity contribution in [1.82, 2.24) is 19.3 Å². The van der Waals surface area contributed by atoms with E-state index in [1.165, 1.54) is 15.5 Å². The van der Waals surface area contributed by atoms with E-state index >= 15 is 0 Å². The van der Waals surface area contributed by atoms with Crippen LogP contribution in [0.25, 0.3) is 0 Å². The van der Waals surface area contributed by atoms with Crippen molar-refractivity contribution in [2.24, 2.45) is 0 Å². The van der Waals surface area contributed by atoms with Crippen molar-refractivity contribution in [2.45, 2.75) is 36.1 Å². The molecule has 1 aliphatic heterocycles. The van der Waals surface area contributed by atoms with E-state index in [1.807, 2.05) is 0 Å². The molecule has 0 aliphatic carbocycles. The van der Waals surface area contributed by atoms with Crippen molar-refractivity contribution >= 4 is 40.3 Å². The first-order valence-corrected chi connectivity index (χ1v) is 23.6. The Bertz CT molecular complexity index is 1270. The van der Waals surface area contributed by atoms with Crippen LogP contribution in [0.4, 0.5) is 0 Å². The number of rotatable bonds is 5. The quantitative estimate of drug-likeness (QED) is 0.241. The van der Waals surface area contributed by atoms with Gasteiger partial charge in [0.1, 0.15) is 0 Å². The van der Waals surface area contributed by atoms with E-state index in [0.717, 1.165) is 78.0 Å². The zero-order valence-corrected chi connectivity index (χ0v) is 30.5. The van der Waals surface area contributed by atoms with Gasteiger partial charge in [0.2, 0.25) is 0 Å². The fraction of sp³-hybridized carbons (Fsp3) is 0.368. The Morgan fingerprint density at radius 3 is 0.911 bits per heavy atom. The molecule has 0 spiro atoms. The standard InChI is InChI=1S/C12H27N4.4C6H5.2CH3.2ClH.Ti/c1-5-13-7-2-9-15-11-4-12-16-10-3-8-14-6-1;4*1-2-4-6-5-3-1;;;;;/h13-15H,1-12H2;4*1-5H;2*1H3;2*1H;/q-1;;;;;;;;;+1. The van der Waals surface area contributed by atoms with Crippen molar-refractivity contribution in [1.29, 1.82) is 0 Å². The SMILES string of the molecule is Cl.Cl.[CH3][Ti]([CH3])([c]1ccccc1)([c]1ccccc1)([c]1ccccc1)([c]1ccccc1)[N]1CCCNCCCNCCCNCCC1. The summed E-state index contributed by atoms with van der Waals surface area (Å²) in [5.74, 6) is 0. The van der Waals surface area contributed by atoms with Gasteiger partial charge in [-0.15, -0.1) is 24.8 Å². The molecule has 245 valence electrons. The summed E-state index contributed by atoms with van der Waals surface area (Å²) >= 11 is -5.82. The second kappa shape index (κ2) is 14.8. The van der Waals surface area contributed by atoms with Crippen LogP contribution in [0.5, 0.6) is 0 Å². The molecule has 0 radical (unpaired) electrons. The van der Waals surface area contributed by atoms with Crippen molar-refractivity contribution < 1.29 is 13.0 Å². The molecule has 45 heavy (non-hydrogen) atoms. The topological polar surface area (TPSA) is 39.3 Å². The van der Waals surface area contributed by atoms with Crippen LogP contribution >= 0.6 is 24.8 Å². The normalized spacial score (nSPS) is 18.8. The average molecular weight is 687 g/mol. The Morgan fingerprint density at radius 2 is 0.644 bits per heavy atom. The van der Waals surface area contributed by atoms with Crippen molar-refractivity contribution in [3.63, 3.8) is 0 Å². The second-order valence-corrected chi connectivity index (χ2v) is 31.8. The van der Waals surface area contributed by atoms with E-state index < -0.39 is 13.0 Å². The molecule has 0 saturated carbocycles. The van der Waals surface area contributed by atoms with Gasteiger partial charge in [-0.3, -0.25) is 0 Å². The molecule has 7 heteroatoms. The number of hydrogen-bond acceptors (Lipinski definition) is 4. The molecular weight excluding hydrogens is 631 g/mol. The van der Waals surface area contributed by atoms with Crippen LogP contribution in [-0.4, -0.2) is 55.7 Å². The van der Waals surface area contributed by atoms with Crippen LogP contribution in [0.15, 0.2) is 121 Å². The van der Waals surface area contributed by atoms with E-state index in [9.17, 15) is 0 Å². The van der Waals surface area contributed by atoms with Crippen molar-refractivity contribution in [2.75, 3.05) is 52.4 Å². The van der Waals surface area contributed by atoms with Crippen LogP contribution in [0.1, 0.15) is 25.7 Å². The summed E-state index contributed by atoms with van der Waals surface area (Å²) in [5.41, 5.74) is 0. The molecule has 0 amide bonds. The van der Waals surface area contributed by atoms with Crippen LogP contribution in [0, 0.1) is 0 Å². The predicted molar refractivity (Wildman–Crippen MR) is 199 cm³/mol. The first kappa shape index (κ1) is 37.5. The van der Waals surface area contributed by atoms with Gasteiger partial charge < -0.3 is 0 Å². The van der Waals surface area contributed by atoms with Crippen LogP contribution in [0.2, 0.25) is 10.5 Å². The molecular formula is C38H55Cl2N4Ti. The van der Waals surface area contributed by atoms with Crippen LogP contribution in [-0.2, 0) is 13.0 Å². The molecule has 1 saturated heterocycles. The molecule has 4 nitrogen and oxygen atoms in total. The van der Waals surface area contributed by atoms with Gasteiger partial charge >= 0.3 is 258 Å². The Morgan fingerprint density at radius 1 is 0.400 bits per heavy atom. The number of benzene rings is 4. The molecule has 0 aromatic heterocycles. The third-order valence-electron chi connectivity index (χ3n) is 11.9. The molecule has 1 aliphatic rings. The summed E-state index contributed by atoms with van der Waals surface area (Å²) in [4.78, 5) is 0. The molecule has 0 bridgehead atoms. The molecule has 1 fully saturated rings. The first-order valence-electron chi connectivity index (χ1n) is 16.6. The van der Waals surface area contributed by atoms with E-state index in [1.54, 1.807) is 0 Å². The van der Waals surface area contributed by atoms with Gasteiger partial charge in [0.25, 0.3) is 0 Å². The molecule has 0 atom stereocenters. The van der Waals surface area contributed by atoms with E-state index in [0.29, 0.717) is 0 Å². The zero-order chi connectivity index (χ0) is 30.0. The van der Waals surface area contributed by atoms with E-state index in [-0.39, 0.29) is 24.8 Å². The maximum atomic E-state index is 3.78. The molecule has 4 aromatic rings. The molecule has 1 heterocycles. The Balaban J connectivity index is 0.00000276. The van der Waals surface area contributed by atoms with E-state index in [2.05, 4.69) is 151 Å². The number of nitrogens with one attached hydrogen (secondary N) is 3. The third kappa shape index (κ3) is 5.77. The Labute approximate surface area is 280 Å². The zero-order valence-electron chi connectivity index (χ0n) is 27.3. The summed E-state index contributed by atoms with van der Waals surface area (Å²) in [7, 11) is 0. The van der Waals surface area contributed by atoms with Gasteiger partial charge in [0.15, 0.2) is 0 Å². The van der Waals surface area contributed by atoms with Crippen molar-refractivity contribution in [3.05, 3.63) is 121 Å². The number of halogens is 2. The molecule has 0 unspecified atom stereocenters. The molecule has 3 N–H and O–H groups in total. The van der Waals surface area contributed by atoms with Gasteiger partial charge in [0.05, 0.1) is 0 Å². The second-order valence-electron chi connectivity index (χ2n) is 14.3. The van der Waals surface area contributed by atoms with Crippen LogP contribution < -0.4 is 31.4 Å². The molecule has 5 rings (SSSR count). The summed E-state index contributed by atoms with van der Waals surface area (Å²) in [5, 5.41) is 16.6. The van der Waals surface area contributed by atoms with Gasteiger partial charge in [0, 0.05) is 0 Å². The minimum atomic E-state index is -5.82. The summed E-state index contributed by atoms with van der Waals surface area (Å²) in [6.07, 6.45) is 4.47. The number of hydrogen-bond donors (Lipinski definition) is 3. The van der Waals surface area contributed by atoms with Gasteiger partial charge in [-0.2, -0.15) is 0 Å². The fourth-order valence-electron chi connectivity index (χ4n) is 8.96. The predicted octanol–water partition coefficient (Wildman–Crippen LogP) is 5.55. The Kier molecular flexibility index (Phi) is 12.4. The summed E-state index contributed by atoms with van der Waals surface area (Å²) in [6, 6.07) is 46.2. The summed E-state index contributed by atoms with van der Waals surface area (Å²) < 4.78 is 8.70. The molecule has 4 aromatic carbocycles. The average Bonchev–Trinajstić information content (AvgIpc) is 3.07. The maximum absolute atomic E-state index is 5.82. The fourth-order valence-corrected chi connectivity index (χ4v) is 27.1. The third-order valence-corrected chi connectivity index (χ3v) is 32.9. The van der Waals surface area contributed by atoms with Crippen molar-refractivity contribution in [3.8, 4) is 0 Å². The number of nitrogens with zero attached hydrogens (tertiary/aromatic N) is 1. The minimum absolute atomic E-state index is 0. The first-order chi connectivity index (χ1) is 20.9. The van der Waals surface area contributed by atoms with Gasteiger partial charge in [-0.1, -0.05) is 0 Å². The summed E-state index contributed by atoms with van der Waals surface area (Å²) in [6.45, 7) is 8.25. The monoisotopic (exact) mass is 685 g/mol. The van der Waals surface area contributed by atoms with E-state index in [4.69, 9.17) is 0 Å². The van der Waals surface area contributed by atoms with Gasteiger partial charge in [-0.25, -0.2) is 0 Å². The Hall–Kier alpha value is -1.99. The van der Waals surface area contributed by atoms with Gasteiger partial charge in [-0.05, 0) is 0 Å². The van der Waals surface area contributed by atoms with Crippen LogP contribution in [0.3, 0.4) is 0 Å².